The van der Waals surface area contributed by atoms with Gasteiger partial charge in [0.2, 0.25) is 11.1 Å². The molecule has 1 saturated carbocycles. The fourth-order valence-electron chi connectivity index (χ4n) is 2.19. The molecule has 1 aliphatic rings. The molecule has 1 fully saturated rings. The molecule has 2 rings (SSSR count). The van der Waals surface area contributed by atoms with Crippen LogP contribution in [0, 0.1) is 0 Å². The van der Waals surface area contributed by atoms with Crippen molar-refractivity contribution < 1.29 is 4.79 Å². The van der Waals surface area contributed by atoms with Crippen molar-refractivity contribution in [2.24, 2.45) is 0 Å². The van der Waals surface area contributed by atoms with Gasteiger partial charge in [-0.3, -0.25) is 4.79 Å². The summed E-state index contributed by atoms with van der Waals surface area (Å²) < 4.78 is 1.74. The summed E-state index contributed by atoms with van der Waals surface area (Å²) in [5, 5.41) is 15.2. The molecule has 1 heterocycles. The van der Waals surface area contributed by atoms with E-state index in [4.69, 9.17) is 0 Å². The molecule has 0 aromatic carbocycles. The third kappa shape index (κ3) is 3.68. The molecule has 1 aromatic rings. The molecule has 0 spiro atoms. The van der Waals surface area contributed by atoms with Crippen molar-refractivity contribution in [3.8, 4) is 0 Å². The smallest absolute Gasteiger partial charge is 0.233 e. The molecule has 1 unspecified atom stereocenters. The van der Waals surface area contributed by atoms with Gasteiger partial charge in [0.15, 0.2) is 0 Å². The van der Waals surface area contributed by atoms with E-state index >= 15 is 0 Å². The monoisotopic (exact) mass is 283 g/mol. The van der Waals surface area contributed by atoms with Gasteiger partial charge in [-0.25, -0.2) is 4.68 Å². The minimum absolute atomic E-state index is 0.0789. The molecule has 0 bridgehead atoms. The van der Waals surface area contributed by atoms with Gasteiger partial charge >= 0.3 is 0 Å². The standard InChI is InChI=1S/C12H21N5OS/c1-8(2)17-12(14-15-16-17)19-9(3)11(18)13-10-6-4-5-7-10/h8-10H,4-7H2,1-3H3,(H,13,18). The van der Waals surface area contributed by atoms with E-state index in [0.717, 1.165) is 12.8 Å². The van der Waals surface area contributed by atoms with Crippen molar-refractivity contribution in [1.29, 1.82) is 0 Å². The number of hydrogen-bond acceptors (Lipinski definition) is 5. The summed E-state index contributed by atoms with van der Waals surface area (Å²) in [6.45, 7) is 5.93. The fourth-order valence-corrected chi connectivity index (χ4v) is 3.12. The van der Waals surface area contributed by atoms with E-state index < -0.39 is 0 Å². The highest BCUT2D eigenvalue weighted by Gasteiger charge is 2.23. The lowest BCUT2D eigenvalue weighted by Crippen LogP contribution is -2.37. The number of carbonyl (C=O) groups excluding carboxylic acids is 1. The van der Waals surface area contributed by atoms with Gasteiger partial charge in [-0.05, 0) is 44.0 Å². The highest BCUT2D eigenvalue weighted by molar-refractivity contribution is 8.00. The van der Waals surface area contributed by atoms with Crippen LogP contribution in [-0.2, 0) is 4.79 Å². The summed E-state index contributed by atoms with van der Waals surface area (Å²) in [5.74, 6) is 0.0789. The highest BCUT2D eigenvalue weighted by Crippen LogP contribution is 2.24. The quantitative estimate of drug-likeness (QED) is 0.834. The van der Waals surface area contributed by atoms with Crippen LogP contribution in [0.2, 0.25) is 0 Å². The topological polar surface area (TPSA) is 72.7 Å². The molecular formula is C12H21N5OS. The van der Waals surface area contributed by atoms with Crippen molar-refractivity contribution in [2.75, 3.05) is 0 Å². The summed E-state index contributed by atoms with van der Waals surface area (Å²) in [7, 11) is 0. The minimum atomic E-state index is -0.177. The number of aromatic nitrogens is 4. The Bertz CT molecular complexity index is 428. The number of nitrogens with zero attached hydrogens (tertiary/aromatic N) is 4. The van der Waals surface area contributed by atoms with E-state index in [9.17, 15) is 4.79 Å². The van der Waals surface area contributed by atoms with Gasteiger partial charge < -0.3 is 5.32 Å². The van der Waals surface area contributed by atoms with Crippen LogP contribution in [0.25, 0.3) is 0 Å². The molecule has 0 saturated heterocycles. The first-order valence-corrected chi connectivity index (χ1v) is 7.70. The van der Waals surface area contributed by atoms with Crippen LogP contribution in [0.3, 0.4) is 0 Å². The average molecular weight is 283 g/mol. The molecule has 6 nitrogen and oxygen atoms in total. The van der Waals surface area contributed by atoms with Gasteiger partial charge in [0.1, 0.15) is 0 Å². The first kappa shape index (κ1) is 14.3. The summed E-state index contributed by atoms with van der Waals surface area (Å²) in [6.07, 6.45) is 4.65. The molecule has 1 amide bonds. The Morgan fingerprint density at radius 2 is 2.05 bits per heavy atom. The van der Waals surface area contributed by atoms with Crippen molar-refractivity contribution in [1.82, 2.24) is 25.5 Å². The molecule has 0 radical (unpaired) electrons. The maximum atomic E-state index is 12.1. The van der Waals surface area contributed by atoms with Crippen LogP contribution in [0.1, 0.15) is 52.5 Å². The molecule has 0 aliphatic heterocycles. The van der Waals surface area contributed by atoms with Crippen molar-refractivity contribution >= 4 is 17.7 Å². The lowest BCUT2D eigenvalue weighted by Gasteiger charge is -2.16. The molecule has 1 aromatic heterocycles. The number of tetrazole rings is 1. The third-order valence-corrected chi connectivity index (χ3v) is 4.35. The van der Waals surface area contributed by atoms with E-state index in [-0.39, 0.29) is 17.2 Å². The van der Waals surface area contributed by atoms with Crippen molar-refractivity contribution in [2.45, 2.75) is 68.9 Å². The third-order valence-electron chi connectivity index (χ3n) is 3.30. The molecule has 1 atom stereocenters. The van der Waals surface area contributed by atoms with Crippen molar-refractivity contribution in [3.05, 3.63) is 0 Å². The Kier molecular flexibility index (Phi) is 4.79. The number of nitrogens with one attached hydrogen (secondary N) is 1. The van der Waals surface area contributed by atoms with Gasteiger partial charge in [-0.1, -0.05) is 24.6 Å². The number of rotatable bonds is 5. The summed E-state index contributed by atoms with van der Waals surface area (Å²) in [4.78, 5) is 12.1. The van der Waals surface area contributed by atoms with Crippen molar-refractivity contribution in [3.63, 3.8) is 0 Å². The highest BCUT2D eigenvalue weighted by atomic mass is 32.2. The Labute approximate surface area is 117 Å². The zero-order chi connectivity index (χ0) is 13.8. The van der Waals surface area contributed by atoms with Crippen LogP contribution in [0.4, 0.5) is 0 Å². The lowest BCUT2D eigenvalue weighted by atomic mass is 10.2. The second-order valence-corrected chi connectivity index (χ2v) is 6.56. The van der Waals surface area contributed by atoms with E-state index in [2.05, 4.69) is 20.8 Å². The van der Waals surface area contributed by atoms with E-state index in [0.29, 0.717) is 11.2 Å². The maximum absolute atomic E-state index is 12.1. The van der Waals surface area contributed by atoms with E-state index in [1.54, 1.807) is 4.68 Å². The molecular weight excluding hydrogens is 262 g/mol. The Morgan fingerprint density at radius 3 is 2.68 bits per heavy atom. The second-order valence-electron chi connectivity index (χ2n) is 5.25. The normalized spacial score (nSPS) is 17.9. The van der Waals surface area contributed by atoms with Crippen LogP contribution in [-0.4, -0.2) is 37.4 Å². The van der Waals surface area contributed by atoms with Gasteiger partial charge in [0.25, 0.3) is 0 Å². The van der Waals surface area contributed by atoms with E-state index in [1.165, 1.54) is 24.6 Å². The average Bonchev–Trinajstić information content (AvgIpc) is 2.99. The number of hydrogen-bond donors (Lipinski definition) is 1. The van der Waals surface area contributed by atoms with Crippen LogP contribution in [0.15, 0.2) is 5.16 Å². The Hall–Kier alpha value is -1.11. The Morgan fingerprint density at radius 1 is 1.37 bits per heavy atom. The minimum Gasteiger partial charge on any atom is -0.352 e. The molecule has 106 valence electrons. The molecule has 7 heteroatoms. The largest absolute Gasteiger partial charge is 0.352 e. The number of amides is 1. The summed E-state index contributed by atoms with van der Waals surface area (Å²) in [5.41, 5.74) is 0. The molecule has 19 heavy (non-hydrogen) atoms. The maximum Gasteiger partial charge on any atom is 0.233 e. The lowest BCUT2D eigenvalue weighted by molar-refractivity contribution is -0.120. The van der Waals surface area contributed by atoms with Gasteiger partial charge in [0.05, 0.1) is 11.3 Å². The molecule has 1 N–H and O–H groups in total. The number of thioether (sulfide) groups is 1. The summed E-state index contributed by atoms with van der Waals surface area (Å²) >= 11 is 1.41. The van der Waals surface area contributed by atoms with Crippen LogP contribution >= 0.6 is 11.8 Å². The zero-order valence-corrected chi connectivity index (χ0v) is 12.5. The fraction of sp³-hybridized carbons (Fsp3) is 0.833. The SMILES string of the molecule is CC(Sc1nnnn1C(C)C)C(=O)NC1CCCC1. The van der Waals surface area contributed by atoms with Gasteiger partial charge in [0, 0.05) is 6.04 Å². The predicted octanol–water partition coefficient (Wildman–Crippen LogP) is 1.79. The van der Waals surface area contributed by atoms with Gasteiger partial charge in [-0.2, -0.15) is 0 Å². The molecule has 1 aliphatic carbocycles. The predicted molar refractivity (Wildman–Crippen MR) is 73.9 cm³/mol. The summed E-state index contributed by atoms with van der Waals surface area (Å²) in [6, 6.07) is 0.555. The van der Waals surface area contributed by atoms with Gasteiger partial charge in [-0.15, -0.1) is 5.10 Å². The zero-order valence-electron chi connectivity index (χ0n) is 11.7. The van der Waals surface area contributed by atoms with E-state index in [1.807, 2.05) is 20.8 Å². The number of carbonyl (C=O) groups is 1. The first-order valence-electron chi connectivity index (χ1n) is 6.83. The van der Waals surface area contributed by atoms with Crippen LogP contribution < -0.4 is 5.32 Å². The van der Waals surface area contributed by atoms with Crippen LogP contribution in [0.5, 0.6) is 0 Å². The Balaban J connectivity index is 1.90. The first-order chi connectivity index (χ1) is 9.08. The second kappa shape index (κ2) is 6.36.